The van der Waals surface area contributed by atoms with Gasteiger partial charge in [-0.1, -0.05) is 85.3 Å². The van der Waals surface area contributed by atoms with Gasteiger partial charge >= 0.3 is 12.1 Å². The lowest BCUT2D eigenvalue weighted by Crippen LogP contribution is -2.54. The van der Waals surface area contributed by atoms with Crippen LogP contribution in [0.25, 0.3) is 11.1 Å². The number of fused-ring (bicyclic) bond motifs is 3. The highest BCUT2D eigenvalue weighted by Gasteiger charge is 2.37. The van der Waals surface area contributed by atoms with E-state index in [9.17, 15) is 19.5 Å². The van der Waals surface area contributed by atoms with Crippen molar-refractivity contribution >= 4 is 18.0 Å². The van der Waals surface area contributed by atoms with Gasteiger partial charge in [0.05, 0.1) is 6.42 Å². The number of alkyl carbamates (subject to hydrolysis) is 1. The number of nitrogens with zero attached hydrogens (tertiary/aromatic N) is 1. The van der Waals surface area contributed by atoms with E-state index in [4.69, 9.17) is 4.74 Å². The molecule has 0 spiro atoms. The van der Waals surface area contributed by atoms with Crippen molar-refractivity contribution in [1.29, 1.82) is 0 Å². The third-order valence-electron chi connectivity index (χ3n) is 7.63. The highest BCUT2D eigenvalue weighted by atomic mass is 16.5. The maximum Gasteiger partial charge on any atom is 0.407 e. The van der Waals surface area contributed by atoms with Gasteiger partial charge in [0.1, 0.15) is 12.6 Å². The van der Waals surface area contributed by atoms with Gasteiger partial charge in [0.15, 0.2) is 0 Å². The van der Waals surface area contributed by atoms with E-state index >= 15 is 0 Å². The Morgan fingerprint density at radius 2 is 1.50 bits per heavy atom. The van der Waals surface area contributed by atoms with Crippen molar-refractivity contribution in [3.05, 3.63) is 95.6 Å². The van der Waals surface area contributed by atoms with Gasteiger partial charge in [-0.05, 0) is 46.6 Å². The van der Waals surface area contributed by atoms with Crippen LogP contribution in [0.4, 0.5) is 4.79 Å². The lowest BCUT2D eigenvalue weighted by Gasteiger charge is -2.36. The molecule has 1 unspecified atom stereocenters. The first-order chi connectivity index (χ1) is 18.5. The molecule has 3 aromatic carbocycles. The summed E-state index contributed by atoms with van der Waals surface area (Å²) in [6.45, 7) is 0.513. The Balaban J connectivity index is 1.28. The number of nitrogens with one attached hydrogen (secondary N) is 1. The number of carboxylic acid groups (broad SMARTS) is 1. The highest BCUT2D eigenvalue weighted by molar-refractivity contribution is 5.86. The molecule has 1 saturated carbocycles. The molecule has 7 nitrogen and oxygen atoms in total. The van der Waals surface area contributed by atoms with E-state index in [1.807, 2.05) is 54.6 Å². The highest BCUT2D eigenvalue weighted by Crippen LogP contribution is 2.44. The molecule has 2 amide bonds. The molecule has 0 radical (unpaired) electrons. The third kappa shape index (κ3) is 5.57. The Labute approximate surface area is 222 Å². The summed E-state index contributed by atoms with van der Waals surface area (Å²) in [6, 6.07) is 25.0. The van der Waals surface area contributed by atoms with Crippen LogP contribution in [0.5, 0.6) is 0 Å². The SMILES string of the molecule is O=C(O)CCN(Cc1ccccc1)C(=O)C(NC(=O)OCC1c2ccccc2-c2ccccc21)C1CCC1. The quantitative estimate of drug-likeness (QED) is 0.389. The second kappa shape index (κ2) is 11.5. The largest absolute Gasteiger partial charge is 0.481 e. The number of hydrogen-bond donors (Lipinski definition) is 2. The molecule has 2 N–H and O–H groups in total. The molecule has 2 aliphatic carbocycles. The predicted octanol–water partition coefficient (Wildman–Crippen LogP) is 5.20. The Morgan fingerprint density at radius 1 is 0.895 bits per heavy atom. The molecule has 3 aromatic rings. The van der Waals surface area contributed by atoms with Crippen LogP contribution in [0.15, 0.2) is 78.9 Å². The summed E-state index contributed by atoms with van der Waals surface area (Å²) in [4.78, 5) is 39.5. The molecule has 0 aliphatic heterocycles. The van der Waals surface area contributed by atoms with Gasteiger partial charge in [0.2, 0.25) is 5.91 Å². The van der Waals surface area contributed by atoms with E-state index in [1.54, 1.807) is 0 Å². The van der Waals surface area contributed by atoms with E-state index in [1.165, 1.54) is 4.90 Å². The summed E-state index contributed by atoms with van der Waals surface area (Å²) < 4.78 is 5.72. The summed E-state index contributed by atoms with van der Waals surface area (Å²) >= 11 is 0. The lowest BCUT2D eigenvalue weighted by molar-refractivity contribution is -0.140. The van der Waals surface area contributed by atoms with Crippen molar-refractivity contribution in [2.75, 3.05) is 13.2 Å². The molecule has 0 heterocycles. The van der Waals surface area contributed by atoms with Crippen LogP contribution < -0.4 is 5.32 Å². The van der Waals surface area contributed by atoms with Crippen LogP contribution in [-0.4, -0.2) is 47.2 Å². The molecule has 0 aromatic heterocycles. The molecule has 7 heteroatoms. The zero-order valence-electron chi connectivity index (χ0n) is 21.2. The number of carbonyl (C=O) groups is 3. The maximum atomic E-state index is 13.7. The van der Waals surface area contributed by atoms with E-state index in [-0.39, 0.29) is 43.9 Å². The van der Waals surface area contributed by atoms with Crippen LogP contribution in [0, 0.1) is 5.92 Å². The summed E-state index contributed by atoms with van der Waals surface area (Å²) in [6.07, 6.45) is 1.86. The van der Waals surface area contributed by atoms with Crippen LogP contribution in [0.1, 0.15) is 48.3 Å². The van der Waals surface area contributed by atoms with Crippen molar-refractivity contribution < 1.29 is 24.2 Å². The molecule has 2 aliphatic rings. The van der Waals surface area contributed by atoms with Crippen LogP contribution in [0.2, 0.25) is 0 Å². The molecule has 0 bridgehead atoms. The Bertz CT molecular complexity index is 1260. The molecule has 0 saturated heterocycles. The first-order valence-corrected chi connectivity index (χ1v) is 13.2. The summed E-state index contributed by atoms with van der Waals surface area (Å²) in [5.74, 6) is -1.31. The van der Waals surface area contributed by atoms with Crippen molar-refractivity contribution in [3.63, 3.8) is 0 Å². The van der Waals surface area contributed by atoms with Gasteiger partial charge < -0.3 is 20.1 Å². The predicted molar refractivity (Wildman–Crippen MR) is 143 cm³/mol. The lowest BCUT2D eigenvalue weighted by atomic mass is 9.79. The second-order valence-corrected chi connectivity index (χ2v) is 10.0. The fourth-order valence-electron chi connectivity index (χ4n) is 5.42. The van der Waals surface area contributed by atoms with Crippen LogP contribution >= 0.6 is 0 Å². The number of hydrogen-bond acceptors (Lipinski definition) is 4. The van der Waals surface area contributed by atoms with Crippen molar-refractivity contribution in [2.24, 2.45) is 5.92 Å². The van der Waals surface area contributed by atoms with E-state index in [0.29, 0.717) is 0 Å². The van der Waals surface area contributed by atoms with E-state index < -0.39 is 18.1 Å². The van der Waals surface area contributed by atoms with Gasteiger partial charge in [0.25, 0.3) is 0 Å². The number of ether oxygens (including phenoxy) is 1. The topological polar surface area (TPSA) is 95.9 Å². The second-order valence-electron chi connectivity index (χ2n) is 10.0. The molecule has 1 fully saturated rings. The average Bonchev–Trinajstić information content (AvgIpc) is 3.22. The number of benzene rings is 3. The summed E-state index contributed by atoms with van der Waals surface area (Å²) in [5, 5.41) is 12.1. The standard InChI is InChI=1S/C31H32N2O5/c34-28(35)17-18-33(19-21-9-2-1-3-10-21)30(36)29(22-11-8-12-22)32-31(37)38-20-27-25-15-6-4-13-23(25)24-14-5-7-16-26(24)27/h1-7,9-10,13-16,22,27,29H,8,11-12,17-20H2,(H,32,37)(H,34,35). The first kappa shape index (κ1) is 25.5. The zero-order chi connectivity index (χ0) is 26.5. The molecule has 5 rings (SSSR count). The van der Waals surface area contributed by atoms with Gasteiger partial charge in [-0.25, -0.2) is 4.79 Å². The minimum atomic E-state index is -0.972. The molecule has 196 valence electrons. The van der Waals surface area contributed by atoms with Gasteiger partial charge in [-0.3, -0.25) is 9.59 Å². The van der Waals surface area contributed by atoms with Crippen LogP contribution in [-0.2, 0) is 20.9 Å². The van der Waals surface area contributed by atoms with E-state index in [2.05, 4.69) is 29.6 Å². The zero-order valence-corrected chi connectivity index (χ0v) is 21.2. The third-order valence-corrected chi connectivity index (χ3v) is 7.63. The number of amides is 2. The minimum Gasteiger partial charge on any atom is -0.481 e. The first-order valence-electron chi connectivity index (χ1n) is 13.2. The average molecular weight is 513 g/mol. The molecular weight excluding hydrogens is 480 g/mol. The van der Waals surface area contributed by atoms with Crippen molar-refractivity contribution in [1.82, 2.24) is 10.2 Å². The summed E-state index contributed by atoms with van der Waals surface area (Å²) in [7, 11) is 0. The fraction of sp³-hybridized carbons (Fsp3) is 0.323. The fourth-order valence-corrected chi connectivity index (χ4v) is 5.42. The molecular formula is C31H32N2O5. The van der Waals surface area contributed by atoms with Gasteiger partial charge in [-0.15, -0.1) is 0 Å². The number of aliphatic carboxylic acids is 1. The van der Waals surface area contributed by atoms with Crippen molar-refractivity contribution in [3.8, 4) is 11.1 Å². The minimum absolute atomic E-state index is 0.00563. The smallest absolute Gasteiger partial charge is 0.407 e. The Morgan fingerprint density at radius 3 is 2.08 bits per heavy atom. The van der Waals surface area contributed by atoms with Crippen molar-refractivity contribution in [2.45, 2.75) is 44.2 Å². The number of rotatable bonds is 10. The number of carboxylic acids is 1. The Hall–Kier alpha value is -4.13. The molecule has 38 heavy (non-hydrogen) atoms. The maximum absolute atomic E-state index is 13.7. The monoisotopic (exact) mass is 512 g/mol. The normalized spacial score (nSPS) is 15.1. The molecule has 1 atom stereocenters. The van der Waals surface area contributed by atoms with E-state index in [0.717, 1.165) is 47.1 Å². The summed E-state index contributed by atoms with van der Waals surface area (Å²) in [5.41, 5.74) is 5.44. The Kier molecular flexibility index (Phi) is 7.73. The van der Waals surface area contributed by atoms with Crippen LogP contribution in [0.3, 0.4) is 0 Å². The number of carbonyl (C=O) groups excluding carboxylic acids is 2. The van der Waals surface area contributed by atoms with Gasteiger partial charge in [-0.2, -0.15) is 0 Å². The van der Waals surface area contributed by atoms with Gasteiger partial charge in [0, 0.05) is 19.0 Å².